The molecule has 0 fully saturated rings. The summed E-state index contributed by atoms with van der Waals surface area (Å²) < 4.78 is 34.3. The monoisotopic (exact) mass is 367 g/mol. The number of ether oxygens (including phenoxy) is 1. The van der Waals surface area contributed by atoms with Crippen molar-refractivity contribution in [3.8, 4) is 22.6 Å². The first-order chi connectivity index (χ1) is 12.9. The summed E-state index contributed by atoms with van der Waals surface area (Å²) in [5.41, 5.74) is 7.94. The summed E-state index contributed by atoms with van der Waals surface area (Å²) in [6.45, 7) is 0. The first-order valence-corrected chi connectivity index (χ1v) is 8.13. The van der Waals surface area contributed by atoms with E-state index in [1.165, 1.54) is 10.6 Å². The quantitative estimate of drug-likeness (QED) is 0.534. The molecular formula is C20H15F2N3O2. The molecule has 0 spiro atoms. The van der Waals surface area contributed by atoms with Gasteiger partial charge in [-0.05, 0) is 36.4 Å². The molecule has 136 valence electrons. The van der Waals surface area contributed by atoms with Gasteiger partial charge in [-0.2, -0.15) is 0 Å². The van der Waals surface area contributed by atoms with Crippen LogP contribution in [0, 0.1) is 11.6 Å². The Hall–Kier alpha value is -3.61. The molecule has 4 aromatic rings. The van der Waals surface area contributed by atoms with Crippen molar-refractivity contribution in [3.05, 3.63) is 76.8 Å². The van der Waals surface area contributed by atoms with Gasteiger partial charge < -0.3 is 20.0 Å². The zero-order valence-electron chi connectivity index (χ0n) is 14.3. The predicted molar refractivity (Wildman–Crippen MR) is 99.8 cm³/mol. The number of hydrogen-bond acceptors (Lipinski definition) is 3. The van der Waals surface area contributed by atoms with Crippen molar-refractivity contribution in [2.45, 2.75) is 0 Å². The van der Waals surface area contributed by atoms with Gasteiger partial charge in [0.05, 0.1) is 0 Å². The lowest BCUT2D eigenvalue weighted by molar-refractivity contribution is 0.439. The van der Waals surface area contributed by atoms with Crippen LogP contribution in [0.1, 0.15) is 0 Å². The molecule has 2 aromatic carbocycles. The molecule has 4 rings (SSSR count). The summed E-state index contributed by atoms with van der Waals surface area (Å²) in [6, 6.07) is 9.79. The lowest BCUT2D eigenvalue weighted by Crippen LogP contribution is -2.15. The normalized spacial score (nSPS) is 11.1. The smallest absolute Gasteiger partial charge is 0.274 e. The molecule has 0 saturated carbocycles. The van der Waals surface area contributed by atoms with Gasteiger partial charge in [-0.1, -0.05) is 0 Å². The molecule has 0 radical (unpaired) electrons. The summed E-state index contributed by atoms with van der Waals surface area (Å²) in [4.78, 5) is 15.3. The van der Waals surface area contributed by atoms with Crippen LogP contribution in [-0.4, -0.2) is 9.55 Å². The SMILES string of the molecule is Cn1ccc2c(-c3cc(N)ccc3Oc3ccc(F)cc3F)c[nH]c2c1=O. The zero-order chi connectivity index (χ0) is 19.1. The van der Waals surface area contributed by atoms with Crippen LogP contribution in [0.25, 0.3) is 22.0 Å². The van der Waals surface area contributed by atoms with E-state index in [4.69, 9.17) is 10.5 Å². The molecule has 0 amide bonds. The molecule has 0 saturated heterocycles. The maximum Gasteiger partial charge on any atom is 0.274 e. The highest BCUT2D eigenvalue weighted by atomic mass is 19.1. The number of halogens is 2. The number of benzene rings is 2. The Labute approximate surface area is 152 Å². The summed E-state index contributed by atoms with van der Waals surface area (Å²) in [5, 5.41) is 0.688. The number of hydrogen-bond donors (Lipinski definition) is 2. The van der Waals surface area contributed by atoms with Gasteiger partial charge >= 0.3 is 0 Å². The number of nitrogens with zero attached hydrogens (tertiary/aromatic N) is 1. The van der Waals surface area contributed by atoms with E-state index in [9.17, 15) is 13.6 Å². The first kappa shape index (κ1) is 16.8. The highest BCUT2D eigenvalue weighted by Gasteiger charge is 2.16. The average Bonchev–Trinajstić information content (AvgIpc) is 3.06. The number of nitrogens with one attached hydrogen (secondary N) is 1. The van der Waals surface area contributed by atoms with Crippen LogP contribution in [0.5, 0.6) is 11.5 Å². The third-order valence-electron chi connectivity index (χ3n) is 4.33. The Balaban J connectivity index is 1.88. The second-order valence-corrected chi connectivity index (χ2v) is 6.16. The molecule has 2 aromatic heterocycles. The molecule has 3 N–H and O–H groups in total. The number of H-pyrrole nitrogens is 1. The van der Waals surface area contributed by atoms with Crippen LogP contribution >= 0.6 is 0 Å². The van der Waals surface area contributed by atoms with Gasteiger partial charge in [0, 0.05) is 47.7 Å². The molecule has 0 unspecified atom stereocenters. The van der Waals surface area contributed by atoms with Crippen molar-refractivity contribution in [1.82, 2.24) is 9.55 Å². The lowest BCUT2D eigenvalue weighted by Gasteiger charge is -2.12. The summed E-state index contributed by atoms with van der Waals surface area (Å²) in [5.74, 6) is -1.29. The number of aromatic amines is 1. The maximum atomic E-state index is 14.0. The predicted octanol–water partition coefficient (Wildman–Crippen LogP) is 4.19. The zero-order valence-corrected chi connectivity index (χ0v) is 14.3. The molecular weight excluding hydrogens is 352 g/mol. The fraction of sp³-hybridized carbons (Fsp3) is 0.0500. The van der Waals surface area contributed by atoms with E-state index >= 15 is 0 Å². The Kier molecular flexibility index (Phi) is 3.92. The number of fused-ring (bicyclic) bond motifs is 1. The maximum absolute atomic E-state index is 14.0. The summed E-state index contributed by atoms with van der Waals surface area (Å²) in [7, 11) is 1.66. The van der Waals surface area contributed by atoms with Gasteiger partial charge in [-0.15, -0.1) is 0 Å². The van der Waals surface area contributed by atoms with E-state index in [1.807, 2.05) is 0 Å². The van der Waals surface area contributed by atoms with Crippen molar-refractivity contribution < 1.29 is 13.5 Å². The van der Waals surface area contributed by atoms with Gasteiger partial charge in [-0.25, -0.2) is 8.78 Å². The standard InChI is InChI=1S/C20H15F2N3O2/c1-25-7-6-13-15(10-24-19(13)20(25)26)14-9-12(23)3-5-17(14)27-18-4-2-11(21)8-16(18)22/h2-10,24H,23H2,1H3. The second kappa shape index (κ2) is 6.28. The molecule has 7 heteroatoms. The van der Waals surface area contributed by atoms with Crippen molar-refractivity contribution in [2.75, 3.05) is 5.73 Å². The number of nitrogen functional groups attached to an aromatic ring is 1. The Morgan fingerprint density at radius 1 is 1.04 bits per heavy atom. The van der Waals surface area contributed by atoms with Crippen LogP contribution in [0.2, 0.25) is 0 Å². The van der Waals surface area contributed by atoms with Crippen LogP contribution in [0.3, 0.4) is 0 Å². The molecule has 0 aliphatic rings. The number of aryl methyl sites for hydroxylation is 1. The topological polar surface area (TPSA) is 73.0 Å². The highest BCUT2D eigenvalue weighted by Crippen LogP contribution is 2.38. The van der Waals surface area contributed by atoms with Gasteiger partial charge in [0.1, 0.15) is 17.1 Å². The van der Waals surface area contributed by atoms with E-state index in [2.05, 4.69) is 4.98 Å². The number of rotatable bonds is 3. The fourth-order valence-electron chi connectivity index (χ4n) is 2.96. The van der Waals surface area contributed by atoms with Crippen LogP contribution < -0.4 is 16.0 Å². The summed E-state index contributed by atoms with van der Waals surface area (Å²) >= 11 is 0. The van der Waals surface area contributed by atoms with E-state index in [0.717, 1.165) is 12.1 Å². The average molecular weight is 367 g/mol. The number of aromatic nitrogens is 2. The Bertz CT molecular complexity index is 1230. The largest absolute Gasteiger partial charge is 0.454 e. The van der Waals surface area contributed by atoms with Gasteiger partial charge in [0.25, 0.3) is 5.56 Å². The van der Waals surface area contributed by atoms with Crippen molar-refractivity contribution >= 4 is 16.6 Å². The number of anilines is 1. The minimum atomic E-state index is -0.814. The molecule has 0 aliphatic heterocycles. The van der Waals surface area contributed by atoms with Gasteiger partial charge in [0.2, 0.25) is 0 Å². The van der Waals surface area contributed by atoms with Crippen LogP contribution in [0.15, 0.2) is 59.7 Å². The second-order valence-electron chi connectivity index (χ2n) is 6.16. The van der Waals surface area contributed by atoms with Crippen molar-refractivity contribution in [1.29, 1.82) is 0 Å². The van der Waals surface area contributed by atoms with E-state index in [1.54, 1.807) is 43.7 Å². The van der Waals surface area contributed by atoms with Crippen LogP contribution in [0.4, 0.5) is 14.5 Å². The van der Waals surface area contributed by atoms with Gasteiger partial charge in [-0.3, -0.25) is 4.79 Å². The first-order valence-electron chi connectivity index (χ1n) is 8.13. The van der Waals surface area contributed by atoms with E-state index in [0.29, 0.717) is 33.5 Å². The third kappa shape index (κ3) is 2.93. The Morgan fingerprint density at radius 2 is 1.81 bits per heavy atom. The molecule has 0 atom stereocenters. The van der Waals surface area contributed by atoms with Crippen molar-refractivity contribution in [2.24, 2.45) is 7.05 Å². The van der Waals surface area contributed by atoms with E-state index < -0.39 is 11.6 Å². The highest BCUT2D eigenvalue weighted by molar-refractivity contribution is 5.97. The lowest BCUT2D eigenvalue weighted by atomic mass is 10.0. The molecule has 27 heavy (non-hydrogen) atoms. The summed E-state index contributed by atoms with van der Waals surface area (Å²) in [6.07, 6.45) is 3.34. The molecule has 5 nitrogen and oxygen atoms in total. The van der Waals surface area contributed by atoms with Crippen molar-refractivity contribution in [3.63, 3.8) is 0 Å². The fourth-order valence-corrected chi connectivity index (χ4v) is 2.96. The molecule has 0 bridgehead atoms. The minimum Gasteiger partial charge on any atom is -0.454 e. The van der Waals surface area contributed by atoms with Crippen LogP contribution in [-0.2, 0) is 7.05 Å². The molecule has 0 aliphatic carbocycles. The third-order valence-corrected chi connectivity index (χ3v) is 4.33. The minimum absolute atomic E-state index is 0.113. The molecule has 2 heterocycles. The Morgan fingerprint density at radius 3 is 2.59 bits per heavy atom. The number of nitrogens with two attached hydrogens (primary N) is 1. The number of pyridine rings is 1. The van der Waals surface area contributed by atoms with E-state index in [-0.39, 0.29) is 11.3 Å². The van der Waals surface area contributed by atoms with Gasteiger partial charge in [0.15, 0.2) is 11.6 Å².